The molecular formula is C44H59FN10O2. The van der Waals surface area contributed by atoms with Gasteiger partial charge in [0.05, 0.1) is 5.69 Å². The van der Waals surface area contributed by atoms with Crippen LogP contribution in [0.1, 0.15) is 80.7 Å². The summed E-state index contributed by atoms with van der Waals surface area (Å²) in [6, 6.07) is 22.6. The second kappa shape index (κ2) is 19.1. The van der Waals surface area contributed by atoms with E-state index in [9.17, 15) is 14.0 Å². The van der Waals surface area contributed by atoms with Crippen molar-refractivity contribution in [3.63, 3.8) is 0 Å². The number of H-pyrrole nitrogens is 1. The molecule has 12 nitrogen and oxygen atoms in total. The average Bonchev–Trinajstić information content (AvgIpc) is 3.60. The highest BCUT2D eigenvalue weighted by Crippen LogP contribution is 2.29. The first-order chi connectivity index (χ1) is 27.1. The van der Waals surface area contributed by atoms with E-state index in [0.717, 1.165) is 84.8 Å². The SMILES string of the molecule is CC(C)(C)c1cc(C(=O)NCCc2cccc(F)c2)cc(N2CCNCC2)c1.CC(C)(C)c1cc2cn(-c3ccc(CNCCCN=C(N)N)cc3)c(=O)nc2[nH]1. The van der Waals surface area contributed by atoms with Gasteiger partial charge in [0.1, 0.15) is 11.5 Å². The molecule has 1 fully saturated rings. The Hall–Kier alpha value is -5.53. The largest absolute Gasteiger partial charge is 0.370 e. The molecule has 0 unspecified atom stereocenters. The molecule has 3 aromatic carbocycles. The van der Waals surface area contributed by atoms with Gasteiger partial charge >= 0.3 is 5.69 Å². The molecule has 0 bridgehead atoms. The van der Waals surface area contributed by atoms with Gasteiger partial charge in [0.2, 0.25) is 0 Å². The van der Waals surface area contributed by atoms with Crippen molar-refractivity contribution in [3.8, 4) is 5.69 Å². The Labute approximate surface area is 335 Å². The Bertz CT molecular complexity index is 2190. The van der Waals surface area contributed by atoms with Crippen molar-refractivity contribution < 1.29 is 9.18 Å². The van der Waals surface area contributed by atoms with Crippen molar-refractivity contribution in [2.24, 2.45) is 16.5 Å². The van der Waals surface area contributed by atoms with Crippen LogP contribution in [0.2, 0.25) is 0 Å². The highest BCUT2D eigenvalue weighted by Gasteiger charge is 2.21. The molecule has 1 saturated heterocycles. The summed E-state index contributed by atoms with van der Waals surface area (Å²) in [6.07, 6.45) is 3.31. The minimum atomic E-state index is -0.301. The van der Waals surface area contributed by atoms with Crippen LogP contribution in [-0.4, -0.2) is 72.2 Å². The van der Waals surface area contributed by atoms with Gasteiger partial charge in [0.25, 0.3) is 5.91 Å². The second-order valence-electron chi connectivity index (χ2n) is 16.5. The van der Waals surface area contributed by atoms with E-state index < -0.39 is 0 Å². The van der Waals surface area contributed by atoms with E-state index >= 15 is 0 Å². The lowest BCUT2D eigenvalue weighted by Crippen LogP contribution is -2.43. The molecule has 0 aliphatic carbocycles. The lowest BCUT2D eigenvalue weighted by Gasteiger charge is -2.31. The van der Waals surface area contributed by atoms with Gasteiger partial charge in [-0.1, -0.05) is 65.8 Å². The van der Waals surface area contributed by atoms with Gasteiger partial charge in [0.15, 0.2) is 5.96 Å². The van der Waals surface area contributed by atoms with Crippen LogP contribution in [0.5, 0.6) is 0 Å². The van der Waals surface area contributed by atoms with Gasteiger partial charge < -0.3 is 37.3 Å². The van der Waals surface area contributed by atoms with Crippen molar-refractivity contribution in [2.45, 2.75) is 71.8 Å². The molecule has 6 rings (SSSR count). The number of benzene rings is 3. The number of aromatic nitrogens is 3. The maximum Gasteiger partial charge on any atom is 0.354 e. The molecule has 57 heavy (non-hydrogen) atoms. The Kier molecular flexibility index (Phi) is 14.3. The van der Waals surface area contributed by atoms with Crippen LogP contribution < -0.4 is 38.0 Å². The first kappa shape index (κ1) is 42.6. The predicted octanol–water partition coefficient (Wildman–Crippen LogP) is 5.27. The van der Waals surface area contributed by atoms with Crippen LogP contribution in [0.25, 0.3) is 16.7 Å². The van der Waals surface area contributed by atoms with Gasteiger partial charge in [-0.2, -0.15) is 4.98 Å². The van der Waals surface area contributed by atoms with E-state index in [4.69, 9.17) is 11.5 Å². The maximum atomic E-state index is 13.3. The number of nitrogens with zero attached hydrogens (tertiary/aromatic N) is 4. The zero-order valence-corrected chi connectivity index (χ0v) is 34.2. The highest BCUT2D eigenvalue weighted by atomic mass is 19.1. The van der Waals surface area contributed by atoms with Gasteiger partial charge in [-0.3, -0.25) is 14.4 Å². The van der Waals surface area contributed by atoms with E-state index in [-0.39, 0.29) is 34.2 Å². The second-order valence-corrected chi connectivity index (χ2v) is 16.5. The number of amides is 1. The monoisotopic (exact) mass is 778 g/mol. The fourth-order valence-corrected chi connectivity index (χ4v) is 6.40. The van der Waals surface area contributed by atoms with Crippen molar-refractivity contribution in [1.29, 1.82) is 0 Å². The van der Waals surface area contributed by atoms with E-state index in [1.165, 1.54) is 12.1 Å². The summed E-state index contributed by atoms with van der Waals surface area (Å²) in [6.45, 7) is 19.3. The molecule has 2 aromatic heterocycles. The first-order valence-corrected chi connectivity index (χ1v) is 19.7. The third kappa shape index (κ3) is 12.5. The van der Waals surface area contributed by atoms with Gasteiger partial charge in [-0.15, -0.1) is 0 Å². The standard InChI is InChI=1S/C23H30FN3O.C21H29N7O/c1-23(2,3)19-14-18(15-21(16-19)27-11-9-25-10-12-27)22(28)26-8-7-17-5-4-6-20(24)13-17;1-21(2,3)17-11-15-13-28(20(29)27-18(15)26-17)16-7-5-14(6-8-16)12-24-9-4-10-25-19(22)23/h4-6,13-16,25H,7-12H2,1-3H3,(H,26,28);5-8,11,13,24H,4,9-10,12H2,1-3H3,(H4,22,23,25)(H,26,27,29). The molecule has 13 heteroatoms. The minimum absolute atomic E-state index is 0.0352. The van der Waals surface area contributed by atoms with E-state index in [1.54, 1.807) is 10.6 Å². The molecule has 304 valence electrons. The average molecular weight is 779 g/mol. The molecule has 0 spiro atoms. The number of carbonyl (C=O) groups is 1. The summed E-state index contributed by atoms with van der Waals surface area (Å²) in [5.74, 6) is -0.209. The number of rotatable bonds is 12. The fraction of sp³-hybridized carbons (Fsp3) is 0.409. The van der Waals surface area contributed by atoms with Crippen molar-refractivity contribution in [1.82, 2.24) is 30.5 Å². The molecule has 1 aliphatic rings. The molecule has 3 heterocycles. The number of nitrogens with two attached hydrogens (primary N) is 2. The van der Waals surface area contributed by atoms with Crippen molar-refractivity contribution >= 4 is 28.6 Å². The highest BCUT2D eigenvalue weighted by molar-refractivity contribution is 5.95. The molecule has 1 amide bonds. The number of anilines is 1. The Morgan fingerprint density at radius 2 is 1.63 bits per heavy atom. The van der Waals surface area contributed by atoms with Gasteiger partial charge in [0, 0.05) is 79.8 Å². The van der Waals surface area contributed by atoms with Crippen LogP contribution in [0.15, 0.2) is 88.8 Å². The van der Waals surface area contributed by atoms with E-state index in [0.29, 0.717) is 30.7 Å². The van der Waals surface area contributed by atoms with Crippen LogP contribution in [0.4, 0.5) is 10.1 Å². The fourth-order valence-electron chi connectivity index (χ4n) is 6.40. The normalized spacial score (nSPS) is 13.2. The van der Waals surface area contributed by atoms with Crippen LogP contribution in [0, 0.1) is 5.82 Å². The van der Waals surface area contributed by atoms with E-state index in [2.05, 4.69) is 89.5 Å². The first-order valence-electron chi connectivity index (χ1n) is 19.7. The maximum absolute atomic E-state index is 13.3. The number of aromatic amines is 1. The Morgan fingerprint density at radius 1 is 0.895 bits per heavy atom. The zero-order valence-electron chi connectivity index (χ0n) is 34.2. The minimum Gasteiger partial charge on any atom is -0.370 e. The van der Waals surface area contributed by atoms with E-state index in [1.807, 2.05) is 48.7 Å². The number of fused-ring (bicyclic) bond motifs is 1. The molecule has 0 radical (unpaired) electrons. The summed E-state index contributed by atoms with van der Waals surface area (Å²) < 4.78 is 14.9. The predicted molar refractivity (Wildman–Crippen MR) is 230 cm³/mol. The summed E-state index contributed by atoms with van der Waals surface area (Å²) in [5, 5.41) is 10.6. The molecular weight excluding hydrogens is 720 g/mol. The molecule has 8 N–H and O–H groups in total. The number of carbonyl (C=O) groups excluding carboxylic acids is 1. The Balaban J connectivity index is 0.000000218. The smallest absolute Gasteiger partial charge is 0.354 e. The zero-order chi connectivity index (χ0) is 41.2. The van der Waals surface area contributed by atoms with Gasteiger partial charge in [-0.05, 0) is 90.0 Å². The summed E-state index contributed by atoms with van der Waals surface area (Å²) >= 11 is 0. The molecule has 5 aromatic rings. The van der Waals surface area contributed by atoms with Crippen LogP contribution in [0.3, 0.4) is 0 Å². The number of halogens is 1. The number of aliphatic imine (C=N–C) groups is 1. The molecule has 0 atom stereocenters. The number of nitrogens with one attached hydrogen (secondary N) is 4. The van der Waals surface area contributed by atoms with Crippen LogP contribution >= 0.6 is 0 Å². The summed E-state index contributed by atoms with van der Waals surface area (Å²) in [7, 11) is 0. The van der Waals surface area contributed by atoms with Crippen LogP contribution in [-0.2, 0) is 23.8 Å². The summed E-state index contributed by atoms with van der Waals surface area (Å²) in [5.41, 5.74) is 17.6. The number of hydrogen-bond acceptors (Lipinski definition) is 7. The quantitative estimate of drug-likeness (QED) is 0.0565. The lowest BCUT2D eigenvalue weighted by atomic mass is 9.85. The third-order valence-electron chi connectivity index (χ3n) is 9.78. The van der Waals surface area contributed by atoms with Crippen molar-refractivity contribution in [2.75, 3.05) is 50.7 Å². The third-order valence-corrected chi connectivity index (χ3v) is 9.78. The van der Waals surface area contributed by atoms with Crippen molar-refractivity contribution in [3.05, 3.63) is 123 Å². The lowest BCUT2D eigenvalue weighted by molar-refractivity contribution is 0.0954. The Morgan fingerprint density at radius 3 is 2.30 bits per heavy atom. The van der Waals surface area contributed by atoms with Gasteiger partial charge in [-0.25, -0.2) is 9.18 Å². The number of guanidine groups is 1. The summed E-state index contributed by atoms with van der Waals surface area (Å²) in [4.78, 5) is 39.0. The molecule has 0 saturated carbocycles. The molecule has 1 aliphatic heterocycles. The number of piperazine rings is 1. The number of hydrogen-bond donors (Lipinski definition) is 6. The topological polar surface area (TPSA) is 171 Å².